The number of carbonyl (C=O) groups is 4. The zero-order valence-corrected chi connectivity index (χ0v) is 30.9. The molecule has 0 spiro atoms. The van der Waals surface area contributed by atoms with E-state index in [0.717, 1.165) is 29.5 Å². The highest BCUT2D eigenvalue weighted by Crippen LogP contribution is 2.43. The third-order valence-corrected chi connectivity index (χ3v) is 10.8. The number of hydrogen-bond acceptors (Lipinski definition) is 7. The van der Waals surface area contributed by atoms with Gasteiger partial charge in [0.1, 0.15) is 23.8 Å². The standard InChI is InChI=1S/C42H52N4O7/c1-41(2,3)53-40(52)44-23-13-15-29(27-44)26-43-38(50)33-22-14-24-45(33)39(51)36-37(49)34(47)28-46(36)35(48)25-42(30-16-7-4-8-17-30,31-18-9-5-10-19-31)32-20-11-6-12-21-32/h4-12,16-21,29,33-34,36-37,47,49H,13-15,22-28H2,1-3H3,(H,43,50)/t29-,33-,34+,36+,37+/m1/s1. The first kappa shape index (κ1) is 38.0. The molecule has 3 N–H and O–H groups in total. The van der Waals surface area contributed by atoms with E-state index in [1.807, 2.05) is 112 Å². The number of nitrogens with one attached hydrogen (secondary N) is 1. The number of hydrogen-bond donors (Lipinski definition) is 3. The molecule has 0 aromatic heterocycles. The summed E-state index contributed by atoms with van der Waals surface area (Å²) in [4.78, 5) is 59.8. The van der Waals surface area contributed by atoms with Crippen LogP contribution in [0.3, 0.4) is 0 Å². The zero-order chi connectivity index (χ0) is 37.8. The fraction of sp³-hybridized carbons (Fsp3) is 0.476. The SMILES string of the molecule is CC(C)(C)OC(=O)N1CCC[C@H](CNC(=O)[C@H]2CCCN2C(=O)[C@@H]2[C@@H](O)[C@@H](O)CN2C(=O)CC(c2ccccc2)(c2ccccc2)c2ccccc2)C1. The van der Waals surface area contributed by atoms with Gasteiger partial charge in [0.05, 0.1) is 18.1 Å². The van der Waals surface area contributed by atoms with Crippen molar-refractivity contribution in [2.45, 2.75) is 88.2 Å². The summed E-state index contributed by atoms with van der Waals surface area (Å²) in [5.74, 6) is -1.24. The Hall–Kier alpha value is -4.74. The van der Waals surface area contributed by atoms with Crippen LogP contribution in [0.4, 0.5) is 4.79 Å². The molecule has 6 rings (SSSR count). The van der Waals surface area contributed by atoms with E-state index in [9.17, 15) is 29.4 Å². The molecular formula is C42H52N4O7. The molecule has 3 aliphatic rings. The van der Waals surface area contributed by atoms with Crippen molar-refractivity contribution in [1.29, 1.82) is 0 Å². The Morgan fingerprint density at radius 1 is 0.755 bits per heavy atom. The predicted molar refractivity (Wildman–Crippen MR) is 200 cm³/mol. The topological polar surface area (TPSA) is 140 Å². The maximum atomic E-state index is 14.7. The first-order valence-electron chi connectivity index (χ1n) is 18.8. The van der Waals surface area contributed by atoms with Crippen LogP contribution in [-0.2, 0) is 24.5 Å². The van der Waals surface area contributed by atoms with Gasteiger partial charge in [0.15, 0.2) is 0 Å². The normalized spacial score (nSPS) is 23.5. The molecule has 4 amide bonds. The van der Waals surface area contributed by atoms with E-state index < -0.39 is 47.1 Å². The van der Waals surface area contributed by atoms with Gasteiger partial charge in [-0.2, -0.15) is 0 Å². The van der Waals surface area contributed by atoms with Crippen molar-refractivity contribution in [2.75, 3.05) is 32.7 Å². The van der Waals surface area contributed by atoms with E-state index in [-0.39, 0.29) is 37.4 Å². The molecule has 3 saturated heterocycles. The fourth-order valence-corrected chi connectivity index (χ4v) is 8.22. The first-order valence-corrected chi connectivity index (χ1v) is 18.8. The van der Waals surface area contributed by atoms with Crippen LogP contribution in [0, 0.1) is 5.92 Å². The Kier molecular flexibility index (Phi) is 11.5. The highest BCUT2D eigenvalue weighted by atomic mass is 16.6. The maximum Gasteiger partial charge on any atom is 0.410 e. The van der Waals surface area contributed by atoms with Crippen LogP contribution in [0.15, 0.2) is 91.0 Å². The van der Waals surface area contributed by atoms with Crippen LogP contribution in [-0.4, -0.2) is 111 Å². The van der Waals surface area contributed by atoms with Gasteiger partial charge in [-0.1, -0.05) is 91.0 Å². The van der Waals surface area contributed by atoms with E-state index in [0.29, 0.717) is 32.5 Å². The Bertz CT molecular complexity index is 1640. The summed E-state index contributed by atoms with van der Waals surface area (Å²) in [5.41, 5.74) is 1.11. The molecule has 3 heterocycles. The minimum atomic E-state index is -1.52. The molecule has 0 bridgehead atoms. The number of likely N-dealkylation sites (tertiary alicyclic amines) is 3. The minimum Gasteiger partial charge on any atom is -0.444 e. The van der Waals surface area contributed by atoms with Crippen LogP contribution in [0.25, 0.3) is 0 Å². The second-order valence-electron chi connectivity index (χ2n) is 15.6. The van der Waals surface area contributed by atoms with E-state index in [1.54, 1.807) is 4.90 Å². The summed E-state index contributed by atoms with van der Waals surface area (Å²) >= 11 is 0. The summed E-state index contributed by atoms with van der Waals surface area (Å²) in [7, 11) is 0. The van der Waals surface area contributed by atoms with Crippen LogP contribution < -0.4 is 5.32 Å². The largest absolute Gasteiger partial charge is 0.444 e. The third kappa shape index (κ3) is 8.26. The lowest BCUT2D eigenvalue weighted by molar-refractivity contribution is -0.149. The third-order valence-electron chi connectivity index (χ3n) is 10.8. The molecule has 0 saturated carbocycles. The van der Waals surface area contributed by atoms with Gasteiger partial charge in [0.25, 0.3) is 0 Å². The van der Waals surface area contributed by atoms with Crippen LogP contribution >= 0.6 is 0 Å². The van der Waals surface area contributed by atoms with Gasteiger partial charge in [-0.05, 0) is 69.1 Å². The number of nitrogens with zero attached hydrogens (tertiary/aromatic N) is 3. The minimum absolute atomic E-state index is 0.0322. The van der Waals surface area contributed by atoms with Crippen molar-refractivity contribution >= 4 is 23.8 Å². The van der Waals surface area contributed by atoms with Crippen molar-refractivity contribution in [3.8, 4) is 0 Å². The Balaban J connectivity index is 1.20. The maximum absolute atomic E-state index is 14.7. The number of ether oxygens (including phenoxy) is 1. The molecule has 11 heteroatoms. The monoisotopic (exact) mass is 724 g/mol. The number of rotatable bonds is 9. The number of aliphatic hydroxyl groups is 2. The second-order valence-corrected chi connectivity index (χ2v) is 15.6. The first-order chi connectivity index (χ1) is 25.4. The van der Waals surface area contributed by atoms with Crippen molar-refractivity contribution in [1.82, 2.24) is 20.0 Å². The van der Waals surface area contributed by atoms with E-state index in [2.05, 4.69) is 5.32 Å². The lowest BCUT2D eigenvalue weighted by Crippen LogP contribution is -2.56. The molecule has 3 aromatic rings. The van der Waals surface area contributed by atoms with Crippen molar-refractivity contribution in [2.24, 2.45) is 5.92 Å². The molecule has 0 radical (unpaired) electrons. The Labute approximate surface area is 311 Å². The molecule has 3 aliphatic heterocycles. The van der Waals surface area contributed by atoms with Gasteiger partial charge < -0.3 is 35.0 Å². The van der Waals surface area contributed by atoms with Crippen molar-refractivity contribution in [3.63, 3.8) is 0 Å². The van der Waals surface area contributed by atoms with Gasteiger partial charge in [-0.3, -0.25) is 14.4 Å². The average Bonchev–Trinajstić information content (AvgIpc) is 3.77. The highest BCUT2D eigenvalue weighted by Gasteiger charge is 2.51. The van der Waals surface area contributed by atoms with E-state index in [1.165, 1.54) is 9.80 Å². The summed E-state index contributed by atoms with van der Waals surface area (Å²) in [6.07, 6.45) is -0.640. The lowest BCUT2D eigenvalue weighted by atomic mass is 9.67. The zero-order valence-electron chi connectivity index (χ0n) is 30.9. The number of β-amino-alcohol motifs (C(OH)–C–C–N with tert-alkyl or cyclic N) is 1. The van der Waals surface area contributed by atoms with Gasteiger partial charge in [-0.25, -0.2) is 4.79 Å². The molecule has 0 aliphatic carbocycles. The van der Waals surface area contributed by atoms with Crippen molar-refractivity contribution in [3.05, 3.63) is 108 Å². The van der Waals surface area contributed by atoms with E-state index >= 15 is 0 Å². The molecule has 3 fully saturated rings. The molecule has 282 valence electrons. The molecule has 0 unspecified atom stereocenters. The number of aliphatic hydroxyl groups excluding tert-OH is 2. The van der Waals surface area contributed by atoms with Crippen LogP contribution in [0.5, 0.6) is 0 Å². The smallest absolute Gasteiger partial charge is 0.410 e. The van der Waals surface area contributed by atoms with Crippen LogP contribution in [0.2, 0.25) is 0 Å². The molecule has 5 atom stereocenters. The summed E-state index contributed by atoms with van der Waals surface area (Å²) < 4.78 is 5.55. The van der Waals surface area contributed by atoms with Gasteiger partial charge >= 0.3 is 6.09 Å². The highest BCUT2D eigenvalue weighted by molar-refractivity contribution is 5.94. The average molecular weight is 725 g/mol. The summed E-state index contributed by atoms with van der Waals surface area (Å²) in [6, 6.07) is 27.1. The molecule has 11 nitrogen and oxygen atoms in total. The Morgan fingerprint density at radius 2 is 1.30 bits per heavy atom. The Morgan fingerprint density at radius 3 is 1.85 bits per heavy atom. The molecular weight excluding hydrogens is 672 g/mol. The number of carbonyl (C=O) groups excluding carboxylic acids is 4. The summed E-state index contributed by atoms with van der Waals surface area (Å²) in [5, 5.41) is 25.2. The molecule has 53 heavy (non-hydrogen) atoms. The quantitative estimate of drug-likeness (QED) is 0.283. The lowest BCUT2D eigenvalue weighted by Gasteiger charge is -2.38. The van der Waals surface area contributed by atoms with Gasteiger partial charge in [0.2, 0.25) is 17.7 Å². The van der Waals surface area contributed by atoms with Gasteiger partial charge in [-0.15, -0.1) is 0 Å². The number of piperidine rings is 1. The number of amides is 4. The van der Waals surface area contributed by atoms with Crippen LogP contribution in [0.1, 0.15) is 69.6 Å². The second kappa shape index (κ2) is 16.1. The van der Waals surface area contributed by atoms with Gasteiger partial charge in [0, 0.05) is 32.6 Å². The van der Waals surface area contributed by atoms with E-state index in [4.69, 9.17) is 4.74 Å². The summed E-state index contributed by atoms with van der Waals surface area (Å²) in [6.45, 7) is 6.95. The number of benzene rings is 3. The predicted octanol–water partition coefficient (Wildman–Crippen LogP) is 4.10. The molecule has 3 aromatic carbocycles. The van der Waals surface area contributed by atoms with Crippen molar-refractivity contribution < 1.29 is 34.1 Å². The fourth-order valence-electron chi connectivity index (χ4n) is 8.22.